The van der Waals surface area contributed by atoms with E-state index in [2.05, 4.69) is 0 Å². The van der Waals surface area contributed by atoms with Crippen molar-refractivity contribution in [3.63, 3.8) is 0 Å². The van der Waals surface area contributed by atoms with Gasteiger partial charge in [0.05, 0.1) is 6.04 Å². The second-order valence-electron chi connectivity index (χ2n) is 5.20. The van der Waals surface area contributed by atoms with Crippen LogP contribution in [0.2, 0.25) is 0 Å². The van der Waals surface area contributed by atoms with E-state index >= 15 is 0 Å². The van der Waals surface area contributed by atoms with E-state index in [1.165, 1.54) is 0 Å². The van der Waals surface area contributed by atoms with Gasteiger partial charge in [-0.1, -0.05) is 12.1 Å². The van der Waals surface area contributed by atoms with Crippen LogP contribution in [0.4, 0.5) is 4.39 Å². The zero-order valence-electron chi connectivity index (χ0n) is 12.1. The van der Waals surface area contributed by atoms with Crippen molar-refractivity contribution in [2.75, 3.05) is 0 Å². The lowest BCUT2D eigenvalue weighted by Gasteiger charge is -2.15. The Bertz CT molecular complexity index is 605. The fourth-order valence-electron chi connectivity index (χ4n) is 2.59. The van der Waals surface area contributed by atoms with Gasteiger partial charge in [-0.2, -0.15) is 0 Å². The van der Waals surface area contributed by atoms with Crippen LogP contribution in [0.25, 0.3) is 0 Å². The Balaban J connectivity index is 2.53. The molecule has 0 bridgehead atoms. The molecule has 102 valence electrons. The highest BCUT2D eigenvalue weighted by Gasteiger charge is 2.20. The molecule has 0 saturated carbocycles. The van der Waals surface area contributed by atoms with Crippen LogP contribution in [0.1, 0.15) is 45.4 Å². The number of nitrogens with two attached hydrogens (primary N) is 1. The van der Waals surface area contributed by atoms with Gasteiger partial charge in [0, 0.05) is 5.56 Å². The van der Waals surface area contributed by atoms with Gasteiger partial charge in [0.25, 0.3) is 0 Å². The molecule has 0 spiro atoms. The third-order valence-corrected chi connectivity index (χ3v) is 3.75. The quantitative estimate of drug-likeness (QED) is 0.887. The van der Waals surface area contributed by atoms with E-state index in [0.717, 1.165) is 28.2 Å². The Morgan fingerprint density at radius 2 is 1.53 bits per heavy atom. The molecule has 1 aromatic carbocycles. The van der Waals surface area contributed by atoms with E-state index in [4.69, 9.17) is 10.2 Å². The average Bonchev–Trinajstić information content (AvgIpc) is 2.59. The Hall–Kier alpha value is -1.61. The third-order valence-electron chi connectivity index (χ3n) is 3.75. The standard InChI is InChI=1S/C16H20FNO/c1-8-6-13(7-9(2)15(8)17)16(18)14-10(3)11(4)19-12(14)5/h6-7,16H,18H2,1-5H3. The number of aryl methyl sites for hydroxylation is 4. The van der Waals surface area contributed by atoms with E-state index in [1.807, 2.05) is 32.9 Å². The largest absolute Gasteiger partial charge is 0.466 e. The van der Waals surface area contributed by atoms with Gasteiger partial charge in [0.1, 0.15) is 17.3 Å². The summed E-state index contributed by atoms with van der Waals surface area (Å²) >= 11 is 0. The Labute approximate surface area is 113 Å². The summed E-state index contributed by atoms with van der Waals surface area (Å²) in [5.74, 6) is 1.56. The highest BCUT2D eigenvalue weighted by atomic mass is 19.1. The molecule has 0 aliphatic carbocycles. The highest BCUT2D eigenvalue weighted by Crippen LogP contribution is 2.31. The molecule has 3 heteroatoms. The molecule has 0 aliphatic heterocycles. The predicted octanol–water partition coefficient (Wildman–Crippen LogP) is 4.01. The monoisotopic (exact) mass is 261 g/mol. The molecule has 0 saturated heterocycles. The minimum atomic E-state index is -0.282. The molecule has 1 aromatic heterocycles. The van der Waals surface area contributed by atoms with Crippen LogP contribution in [-0.2, 0) is 0 Å². The summed E-state index contributed by atoms with van der Waals surface area (Å²) in [6.07, 6.45) is 0. The molecule has 1 atom stereocenters. The maximum absolute atomic E-state index is 13.7. The first-order chi connectivity index (χ1) is 8.82. The number of benzene rings is 1. The van der Waals surface area contributed by atoms with Crippen LogP contribution in [-0.4, -0.2) is 0 Å². The fraction of sp³-hybridized carbons (Fsp3) is 0.375. The summed E-state index contributed by atoms with van der Waals surface area (Å²) in [5, 5.41) is 0. The lowest BCUT2D eigenvalue weighted by Crippen LogP contribution is -2.14. The van der Waals surface area contributed by atoms with Gasteiger partial charge in [-0.05, 0) is 56.9 Å². The molecular formula is C16H20FNO. The summed E-state index contributed by atoms with van der Waals surface area (Å²) in [4.78, 5) is 0. The number of hydrogen-bond acceptors (Lipinski definition) is 2. The first kappa shape index (κ1) is 13.8. The minimum Gasteiger partial charge on any atom is -0.466 e. The van der Waals surface area contributed by atoms with Crippen LogP contribution < -0.4 is 5.73 Å². The summed E-state index contributed by atoms with van der Waals surface area (Å²) in [6, 6.07) is 3.35. The maximum Gasteiger partial charge on any atom is 0.129 e. The SMILES string of the molecule is Cc1cc(C(N)c2c(C)oc(C)c2C)cc(C)c1F. The summed E-state index contributed by atoms with van der Waals surface area (Å²) in [6.45, 7) is 9.38. The van der Waals surface area contributed by atoms with Gasteiger partial charge in [0.2, 0.25) is 0 Å². The van der Waals surface area contributed by atoms with Crippen molar-refractivity contribution in [1.82, 2.24) is 0 Å². The molecule has 1 heterocycles. The molecule has 1 unspecified atom stereocenters. The molecule has 2 nitrogen and oxygen atoms in total. The topological polar surface area (TPSA) is 39.2 Å². The first-order valence-electron chi connectivity index (χ1n) is 6.41. The maximum atomic E-state index is 13.7. The lowest BCUT2D eigenvalue weighted by molar-refractivity contribution is 0.498. The number of halogens is 1. The van der Waals surface area contributed by atoms with Gasteiger partial charge in [-0.15, -0.1) is 0 Å². The number of hydrogen-bond donors (Lipinski definition) is 1. The Morgan fingerprint density at radius 3 is 1.95 bits per heavy atom. The average molecular weight is 261 g/mol. The molecule has 0 fully saturated rings. The van der Waals surface area contributed by atoms with Gasteiger partial charge in [-0.3, -0.25) is 0 Å². The van der Waals surface area contributed by atoms with Gasteiger partial charge in [0.15, 0.2) is 0 Å². The molecule has 0 aliphatic rings. The third kappa shape index (κ3) is 2.30. The molecule has 2 N–H and O–H groups in total. The highest BCUT2D eigenvalue weighted by molar-refractivity contribution is 5.42. The van der Waals surface area contributed by atoms with E-state index in [9.17, 15) is 4.39 Å². The summed E-state index contributed by atoms with van der Waals surface area (Å²) in [5.41, 5.74) is 10.6. The molecular weight excluding hydrogens is 241 g/mol. The van der Waals surface area contributed by atoms with Gasteiger partial charge >= 0.3 is 0 Å². The zero-order valence-corrected chi connectivity index (χ0v) is 12.1. The van der Waals surface area contributed by atoms with E-state index < -0.39 is 0 Å². The van der Waals surface area contributed by atoms with Crippen LogP contribution in [0.3, 0.4) is 0 Å². The second-order valence-corrected chi connectivity index (χ2v) is 5.20. The van der Waals surface area contributed by atoms with Crippen molar-refractivity contribution in [2.24, 2.45) is 5.73 Å². The van der Waals surface area contributed by atoms with Crippen molar-refractivity contribution in [1.29, 1.82) is 0 Å². The van der Waals surface area contributed by atoms with Gasteiger partial charge in [-0.25, -0.2) is 4.39 Å². The van der Waals surface area contributed by atoms with Crippen molar-refractivity contribution in [3.05, 3.63) is 57.3 Å². The molecule has 2 rings (SSSR count). The van der Waals surface area contributed by atoms with Crippen molar-refractivity contribution >= 4 is 0 Å². The molecule has 0 radical (unpaired) electrons. The second kappa shape index (κ2) is 4.82. The van der Waals surface area contributed by atoms with Crippen LogP contribution in [0, 0.1) is 40.4 Å². The van der Waals surface area contributed by atoms with Crippen molar-refractivity contribution in [2.45, 2.75) is 40.7 Å². The normalized spacial score (nSPS) is 12.8. The zero-order chi connectivity index (χ0) is 14.3. The van der Waals surface area contributed by atoms with Crippen molar-refractivity contribution in [3.8, 4) is 0 Å². The Kier molecular flexibility index (Phi) is 3.50. The van der Waals surface area contributed by atoms with Gasteiger partial charge < -0.3 is 10.2 Å². The summed E-state index contributed by atoms with van der Waals surface area (Å²) in [7, 11) is 0. The minimum absolute atomic E-state index is 0.159. The number of furan rings is 1. The van der Waals surface area contributed by atoms with Crippen LogP contribution in [0.5, 0.6) is 0 Å². The van der Waals surface area contributed by atoms with Crippen LogP contribution >= 0.6 is 0 Å². The van der Waals surface area contributed by atoms with Crippen molar-refractivity contribution < 1.29 is 8.81 Å². The van der Waals surface area contributed by atoms with E-state index in [-0.39, 0.29) is 11.9 Å². The fourth-order valence-corrected chi connectivity index (χ4v) is 2.59. The van der Waals surface area contributed by atoms with E-state index in [0.29, 0.717) is 11.1 Å². The van der Waals surface area contributed by atoms with E-state index in [1.54, 1.807) is 13.8 Å². The number of rotatable bonds is 2. The van der Waals surface area contributed by atoms with Crippen LogP contribution in [0.15, 0.2) is 16.5 Å². The molecule has 19 heavy (non-hydrogen) atoms. The lowest BCUT2D eigenvalue weighted by atomic mass is 9.93. The Morgan fingerprint density at radius 1 is 1.00 bits per heavy atom. The smallest absolute Gasteiger partial charge is 0.129 e. The molecule has 2 aromatic rings. The summed E-state index contributed by atoms with van der Waals surface area (Å²) < 4.78 is 19.3. The first-order valence-corrected chi connectivity index (χ1v) is 6.41. The molecule has 0 amide bonds. The predicted molar refractivity (Wildman–Crippen MR) is 74.8 cm³/mol.